The molecule has 67 heavy (non-hydrogen) atoms. The van der Waals surface area contributed by atoms with Gasteiger partial charge in [0.1, 0.15) is 17.6 Å². The van der Waals surface area contributed by atoms with Crippen molar-refractivity contribution in [1.82, 2.24) is 20.4 Å². The summed E-state index contributed by atoms with van der Waals surface area (Å²) in [5.41, 5.74) is 3.96. The summed E-state index contributed by atoms with van der Waals surface area (Å²) in [6.45, 7) is 8.18. The number of hydrogen-bond acceptors (Lipinski definition) is 8. The van der Waals surface area contributed by atoms with Crippen LogP contribution < -0.4 is 26.0 Å². The first-order chi connectivity index (χ1) is 32.1. The molecule has 348 valence electrons. The predicted octanol–water partition coefficient (Wildman–Crippen LogP) is 8.06. The van der Waals surface area contributed by atoms with Crippen LogP contribution in [0.4, 0.5) is 15.8 Å². The Bertz CT molecular complexity index is 2770. The summed E-state index contributed by atoms with van der Waals surface area (Å²) in [6, 6.07) is 19.1. The van der Waals surface area contributed by atoms with Gasteiger partial charge in [0.2, 0.25) is 17.7 Å². The van der Waals surface area contributed by atoms with E-state index in [1.54, 1.807) is 42.5 Å². The lowest BCUT2D eigenvalue weighted by Gasteiger charge is -2.39. The fourth-order valence-corrected chi connectivity index (χ4v) is 11.4. The van der Waals surface area contributed by atoms with Crippen LogP contribution in [0.3, 0.4) is 0 Å². The van der Waals surface area contributed by atoms with Crippen LogP contribution in [0.25, 0.3) is 0 Å². The summed E-state index contributed by atoms with van der Waals surface area (Å²) in [4.78, 5) is 69.8. The molecular formula is C52H53Cl2FN6O6. The van der Waals surface area contributed by atoms with Crippen LogP contribution in [-0.2, 0) is 26.3 Å². The first kappa shape index (κ1) is 46.2. The molecule has 0 bridgehead atoms. The van der Waals surface area contributed by atoms with E-state index in [0.29, 0.717) is 65.6 Å². The van der Waals surface area contributed by atoms with Crippen molar-refractivity contribution in [1.29, 1.82) is 0 Å². The molecule has 9 rings (SSSR count). The molecule has 5 amide bonds. The summed E-state index contributed by atoms with van der Waals surface area (Å²) in [7, 11) is 1.48. The van der Waals surface area contributed by atoms with E-state index in [4.69, 9.17) is 27.9 Å². The van der Waals surface area contributed by atoms with Gasteiger partial charge in [0.05, 0.1) is 23.9 Å². The SMILES string of the molecule is COc1cc(C(=O)N2CCC[C@H](CC#Cc3cccc4c3CN([C@H]3CCC(=O)NC3=O)C4=O)C2)ccc1NC(=O)[C@@H]1N[C@@H](CC(C)(C)C)[C@@]2(CNc3cc(Cl)ccc32)[C@H]1c1cccc(Cl)c1F. The Morgan fingerprint density at radius 2 is 1.82 bits per heavy atom. The molecule has 5 aliphatic rings. The fourth-order valence-electron chi connectivity index (χ4n) is 11.0. The van der Waals surface area contributed by atoms with Crippen LogP contribution in [0.1, 0.15) is 108 Å². The molecule has 15 heteroatoms. The number of likely N-dealkylation sites (tertiary alicyclic amines) is 1. The number of ether oxygens (including phenoxy) is 1. The quantitative estimate of drug-likeness (QED) is 0.103. The lowest BCUT2D eigenvalue weighted by Crippen LogP contribution is -2.52. The number of halogens is 3. The van der Waals surface area contributed by atoms with Crippen molar-refractivity contribution in [3.8, 4) is 17.6 Å². The number of methoxy groups -OCH3 is 1. The molecule has 4 N–H and O–H groups in total. The van der Waals surface area contributed by atoms with Gasteiger partial charge in [0.25, 0.3) is 11.8 Å². The molecule has 4 aromatic carbocycles. The Hall–Kier alpha value is -5.94. The van der Waals surface area contributed by atoms with Crippen molar-refractivity contribution in [2.24, 2.45) is 11.3 Å². The molecule has 6 atom stereocenters. The minimum absolute atomic E-state index is 0.0290. The number of anilines is 2. The Morgan fingerprint density at radius 3 is 2.60 bits per heavy atom. The van der Waals surface area contributed by atoms with Crippen LogP contribution >= 0.6 is 23.2 Å². The van der Waals surface area contributed by atoms with Gasteiger partial charge in [-0.25, -0.2) is 4.39 Å². The van der Waals surface area contributed by atoms with E-state index in [1.807, 2.05) is 29.2 Å². The lowest BCUT2D eigenvalue weighted by molar-refractivity contribution is -0.137. The van der Waals surface area contributed by atoms with Crippen molar-refractivity contribution in [3.05, 3.63) is 122 Å². The number of fused-ring (bicyclic) bond motifs is 3. The predicted molar refractivity (Wildman–Crippen MR) is 255 cm³/mol. The number of hydrogen-bond donors (Lipinski definition) is 4. The molecule has 5 aliphatic heterocycles. The molecule has 0 unspecified atom stereocenters. The second kappa shape index (κ2) is 18.3. The summed E-state index contributed by atoms with van der Waals surface area (Å²) < 4.78 is 22.1. The Morgan fingerprint density at radius 1 is 1.01 bits per heavy atom. The number of nitrogens with zero attached hydrogens (tertiary/aromatic N) is 2. The molecule has 4 aromatic rings. The largest absolute Gasteiger partial charge is 0.495 e. The molecular weight excluding hydrogens is 895 g/mol. The summed E-state index contributed by atoms with van der Waals surface area (Å²) in [5, 5.41) is 13.2. The highest BCUT2D eigenvalue weighted by Gasteiger charge is 2.61. The maximum atomic E-state index is 16.3. The Kier molecular flexibility index (Phi) is 12.6. The zero-order valence-electron chi connectivity index (χ0n) is 37.9. The number of benzene rings is 4. The van der Waals surface area contributed by atoms with E-state index in [-0.39, 0.29) is 59.5 Å². The smallest absolute Gasteiger partial charge is 0.255 e. The van der Waals surface area contributed by atoms with Crippen LogP contribution in [-0.4, -0.2) is 84.2 Å². The topological polar surface area (TPSA) is 149 Å². The highest BCUT2D eigenvalue weighted by Crippen LogP contribution is 2.57. The van der Waals surface area contributed by atoms with Crippen molar-refractivity contribution >= 4 is 64.1 Å². The van der Waals surface area contributed by atoms with Crippen molar-refractivity contribution < 1.29 is 33.1 Å². The van der Waals surface area contributed by atoms with Crippen LogP contribution in [0.5, 0.6) is 5.75 Å². The number of amides is 5. The molecule has 0 saturated carbocycles. The van der Waals surface area contributed by atoms with E-state index < -0.39 is 41.0 Å². The first-order valence-electron chi connectivity index (χ1n) is 22.8. The van der Waals surface area contributed by atoms with E-state index in [2.05, 4.69) is 53.9 Å². The van der Waals surface area contributed by atoms with Gasteiger partial charge >= 0.3 is 0 Å². The minimum atomic E-state index is -0.902. The molecule has 12 nitrogen and oxygen atoms in total. The average Bonchev–Trinajstić information content (AvgIpc) is 3.95. The third kappa shape index (κ3) is 8.76. The number of imide groups is 1. The molecule has 3 saturated heterocycles. The van der Waals surface area contributed by atoms with Gasteiger partial charge in [0.15, 0.2) is 0 Å². The van der Waals surface area contributed by atoms with Gasteiger partial charge in [0, 0.05) is 83.8 Å². The fraction of sp³-hybridized carbons (Fsp3) is 0.404. The molecule has 5 heterocycles. The van der Waals surface area contributed by atoms with Crippen molar-refractivity contribution in [2.45, 2.75) is 95.3 Å². The minimum Gasteiger partial charge on any atom is -0.495 e. The van der Waals surface area contributed by atoms with Gasteiger partial charge in [-0.1, -0.05) is 80.1 Å². The Balaban J connectivity index is 0.911. The monoisotopic (exact) mass is 946 g/mol. The second-order valence-corrected chi connectivity index (χ2v) is 20.4. The van der Waals surface area contributed by atoms with Crippen molar-refractivity contribution in [3.63, 3.8) is 0 Å². The molecule has 0 radical (unpaired) electrons. The highest BCUT2D eigenvalue weighted by atomic mass is 35.5. The summed E-state index contributed by atoms with van der Waals surface area (Å²) in [5.74, 6) is 4.12. The summed E-state index contributed by atoms with van der Waals surface area (Å²) in [6.07, 6.45) is 3.37. The van der Waals surface area contributed by atoms with Gasteiger partial charge in [-0.2, -0.15) is 0 Å². The molecule has 0 aliphatic carbocycles. The number of piperidine rings is 2. The van der Waals surface area contributed by atoms with E-state index in [0.717, 1.165) is 35.2 Å². The van der Waals surface area contributed by atoms with E-state index >= 15 is 4.39 Å². The number of carbonyl (C=O) groups excluding carboxylic acids is 5. The van der Waals surface area contributed by atoms with Gasteiger partial charge in [-0.05, 0) is 102 Å². The van der Waals surface area contributed by atoms with Crippen LogP contribution in [0.15, 0.2) is 72.8 Å². The maximum Gasteiger partial charge on any atom is 0.255 e. The third-order valence-corrected chi connectivity index (χ3v) is 14.6. The lowest BCUT2D eigenvalue weighted by atomic mass is 9.63. The van der Waals surface area contributed by atoms with E-state index in [1.165, 1.54) is 18.1 Å². The molecule has 1 spiro atoms. The zero-order chi connectivity index (χ0) is 47.4. The molecule has 3 fully saturated rings. The zero-order valence-corrected chi connectivity index (χ0v) is 39.4. The van der Waals surface area contributed by atoms with Gasteiger partial charge in [-0.3, -0.25) is 29.3 Å². The Labute approximate surface area is 399 Å². The van der Waals surface area contributed by atoms with Gasteiger partial charge in [-0.15, -0.1) is 0 Å². The standard InChI is InChI=1S/C52H53Cl2FN6O6/c1-51(2,3)25-42-52(28-56-39-24-32(53)17-18-36(39)52)44(34-14-7-15-37(54)45(34)55)46(58-42)48(64)57-38-19-16-31(23-41(38)67-4)49(65)60-22-8-10-29(26-60)9-5-11-30-12-6-13-33-35(30)27-61(50(33)66)40-20-21-43(62)59-47(40)63/h6-7,12-19,23-24,29,40,42,44,46,56,58H,8-10,20-22,25-28H2,1-4H3,(H,57,64)(H,59,62,63)/t29-,40-,42-,44-,46+,52-/m0/s1. The highest BCUT2D eigenvalue weighted by molar-refractivity contribution is 6.31. The number of nitrogens with one attached hydrogen (secondary N) is 4. The average molecular weight is 948 g/mol. The summed E-state index contributed by atoms with van der Waals surface area (Å²) >= 11 is 12.9. The van der Waals surface area contributed by atoms with Gasteiger partial charge < -0.3 is 30.5 Å². The third-order valence-electron chi connectivity index (χ3n) is 14.1. The van der Waals surface area contributed by atoms with E-state index in [9.17, 15) is 24.0 Å². The van der Waals surface area contributed by atoms with Crippen LogP contribution in [0, 0.1) is 29.0 Å². The first-order valence-corrected chi connectivity index (χ1v) is 23.6. The number of rotatable bonds is 8. The maximum absolute atomic E-state index is 16.3. The van der Waals surface area contributed by atoms with Crippen LogP contribution in [0.2, 0.25) is 10.0 Å². The molecule has 0 aromatic heterocycles. The normalized spacial score (nSPS) is 24.4. The number of carbonyl (C=O) groups is 5. The van der Waals surface area contributed by atoms with Crippen molar-refractivity contribution in [2.75, 3.05) is 37.4 Å². The second-order valence-electron chi connectivity index (χ2n) is 19.6.